The fourth-order valence-corrected chi connectivity index (χ4v) is 4.92. The van der Waals surface area contributed by atoms with E-state index in [2.05, 4.69) is 34.5 Å². The minimum Gasteiger partial charge on any atom is -0.507 e. The summed E-state index contributed by atoms with van der Waals surface area (Å²) in [6.07, 6.45) is 4.90. The predicted octanol–water partition coefficient (Wildman–Crippen LogP) is 4.66. The highest BCUT2D eigenvalue weighted by Crippen LogP contribution is 2.38. The van der Waals surface area contributed by atoms with E-state index in [-0.39, 0.29) is 5.75 Å². The number of aromatic nitrogens is 2. The van der Waals surface area contributed by atoms with Gasteiger partial charge < -0.3 is 15.3 Å². The monoisotopic (exact) mass is 382 g/mol. The minimum atomic E-state index is 0.284. The van der Waals surface area contributed by atoms with Crippen LogP contribution in [-0.4, -0.2) is 46.4 Å². The molecule has 0 unspecified atom stereocenters. The van der Waals surface area contributed by atoms with Crippen molar-refractivity contribution >= 4 is 27.2 Å². The molecule has 0 radical (unpaired) electrons. The average molecular weight is 383 g/mol. The summed E-state index contributed by atoms with van der Waals surface area (Å²) in [4.78, 5) is 2.31. The fraction of sp³-hybridized carbons (Fsp3) is 0.429. The van der Waals surface area contributed by atoms with E-state index in [0.29, 0.717) is 12.1 Å². The van der Waals surface area contributed by atoms with Crippen LogP contribution >= 0.6 is 11.3 Å². The van der Waals surface area contributed by atoms with Crippen LogP contribution in [0.2, 0.25) is 0 Å². The lowest BCUT2D eigenvalue weighted by molar-refractivity contribution is 0.211. The number of fused-ring (bicyclic) bond motifs is 1. The maximum atomic E-state index is 10.7. The molecule has 3 aromatic rings. The summed E-state index contributed by atoms with van der Waals surface area (Å²) in [5.74, 6) is 1.10. The van der Waals surface area contributed by atoms with E-state index < -0.39 is 0 Å². The third-order valence-electron chi connectivity index (χ3n) is 5.57. The Balaban J connectivity index is 1.61. The van der Waals surface area contributed by atoms with Crippen LogP contribution in [0, 0.1) is 6.92 Å². The standard InChI is InChI=1S/C21H26N4OS/c1-13-12-19(22-16-6-4-5-7-17(16)25(2)3)23-24-20(13)15-8-9-18-14(21(15)26)10-11-27-18/h8-12,16-17,26H,4-7H2,1-3H3,(H,22,23)/t16-,17+/m0/s1. The molecule has 27 heavy (non-hydrogen) atoms. The zero-order valence-electron chi connectivity index (χ0n) is 16.1. The Bertz CT molecular complexity index is 953. The first-order valence-electron chi connectivity index (χ1n) is 9.51. The van der Waals surface area contributed by atoms with Crippen molar-refractivity contribution in [2.45, 2.75) is 44.7 Å². The number of hydrogen-bond donors (Lipinski definition) is 2. The maximum absolute atomic E-state index is 10.7. The molecule has 1 aliphatic carbocycles. The zero-order chi connectivity index (χ0) is 19.0. The van der Waals surface area contributed by atoms with Crippen molar-refractivity contribution in [2.75, 3.05) is 19.4 Å². The smallest absolute Gasteiger partial charge is 0.149 e. The summed E-state index contributed by atoms with van der Waals surface area (Å²) in [5.41, 5.74) is 2.48. The van der Waals surface area contributed by atoms with Crippen molar-refractivity contribution in [3.8, 4) is 17.0 Å². The Morgan fingerprint density at radius 1 is 1.15 bits per heavy atom. The van der Waals surface area contributed by atoms with E-state index in [9.17, 15) is 5.11 Å². The Hall–Kier alpha value is -2.18. The molecule has 1 fully saturated rings. The molecule has 1 aromatic carbocycles. The number of aryl methyl sites for hydroxylation is 1. The fourth-order valence-electron chi connectivity index (χ4n) is 4.13. The Labute approximate surface area is 164 Å². The Morgan fingerprint density at radius 3 is 2.74 bits per heavy atom. The van der Waals surface area contributed by atoms with E-state index in [1.54, 1.807) is 11.3 Å². The molecule has 2 atom stereocenters. The number of phenolic OH excluding ortho intramolecular Hbond substituents is 1. The highest BCUT2D eigenvalue weighted by Gasteiger charge is 2.27. The van der Waals surface area contributed by atoms with Crippen molar-refractivity contribution in [3.63, 3.8) is 0 Å². The van der Waals surface area contributed by atoms with Crippen LogP contribution in [-0.2, 0) is 0 Å². The summed E-state index contributed by atoms with van der Waals surface area (Å²) in [5, 5.41) is 26.0. The highest BCUT2D eigenvalue weighted by atomic mass is 32.1. The third-order valence-corrected chi connectivity index (χ3v) is 6.45. The summed E-state index contributed by atoms with van der Waals surface area (Å²) in [7, 11) is 4.29. The third kappa shape index (κ3) is 3.51. The second kappa shape index (κ2) is 7.44. The lowest BCUT2D eigenvalue weighted by Gasteiger charge is -2.36. The van der Waals surface area contributed by atoms with Gasteiger partial charge in [-0.2, -0.15) is 0 Å². The molecule has 4 rings (SSSR count). The van der Waals surface area contributed by atoms with Crippen molar-refractivity contribution < 1.29 is 5.11 Å². The van der Waals surface area contributed by atoms with E-state index >= 15 is 0 Å². The van der Waals surface area contributed by atoms with E-state index in [1.807, 2.05) is 36.6 Å². The molecule has 2 aromatic heterocycles. The molecule has 0 bridgehead atoms. The van der Waals surface area contributed by atoms with Gasteiger partial charge in [0.1, 0.15) is 11.6 Å². The summed E-state index contributed by atoms with van der Waals surface area (Å²) in [6, 6.07) is 8.87. The van der Waals surface area contributed by atoms with Crippen molar-refractivity contribution in [1.82, 2.24) is 15.1 Å². The number of thiophene rings is 1. The number of rotatable bonds is 4. The maximum Gasteiger partial charge on any atom is 0.149 e. The van der Waals surface area contributed by atoms with Gasteiger partial charge in [-0.3, -0.25) is 0 Å². The van der Waals surface area contributed by atoms with Gasteiger partial charge in [-0.25, -0.2) is 0 Å². The van der Waals surface area contributed by atoms with Crippen LogP contribution < -0.4 is 5.32 Å². The molecule has 0 saturated heterocycles. The zero-order valence-corrected chi connectivity index (χ0v) is 16.9. The largest absolute Gasteiger partial charge is 0.507 e. The van der Waals surface area contributed by atoms with E-state index in [1.165, 1.54) is 19.3 Å². The lowest BCUT2D eigenvalue weighted by atomic mass is 9.89. The lowest BCUT2D eigenvalue weighted by Crippen LogP contribution is -2.45. The predicted molar refractivity (Wildman–Crippen MR) is 113 cm³/mol. The first-order chi connectivity index (χ1) is 13.0. The number of nitrogens with one attached hydrogen (secondary N) is 1. The van der Waals surface area contributed by atoms with Gasteiger partial charge in [0.05, 0.1) is 5.69 Å². The molecule has 0 amide bonds. The van der Waals surface area contributed by atoms with Gasteiger partial charge in [0.15, 0.2) is 0 Å². The molecular formula is C21H26N4OS. The van der Waals surface area contributed by atoms with Crippen LogP contribution in [0.3, 0.4) is 0 Å². The minimum absolute atomic E-state index is 0.284. The Morgan fingerprint density at radius 2 is 1.96 bits per heavy atom. The summed E-state index contributed by atoms with van der Waals surface area (Å²) >= 11 is 1.62. The number of aromatic hydroxyl groups is 1. The SMILES string of the molecule is Cc1cc(N[C@H]2CCCC[C@H]2N(C)C)nnc1-c1ccc2sccc2c1O. The number of likely N-dealkylation sites (N-methyl/N-ethyl adjacent to an activating group) is 1. The highest BCUT2D eigenvalue weighted by molar-refractivity contribution is 7.17. The van der Waals surface area contributed by atoms with Gasteiger partial charge in [-0.1, -0.05) is 12.8 Å². The van der Waals surface area contributed by atoms with E-state index in [0.717, 1.165) is 39.1 Å². The van der Waals surface area contributed by atoms with Crippen LogP contribution in [0.5, 0.6) is 5.75 Å². The van der Waals surface area contributed by atoms with Crippen molar-refractivity contribution in [2.24, 2.45) is 0 Å². The second-order valence-corrected chi connectivity index (χ2v) is 8.57. The van der Waals surface area contributed by atoms with Gasteiger partial charge >= 0.3 is 0 Å². The van der Waals surface area contributed by atoms with Crippen LogP contribution in [0.25, 0.3) is 21.3 Å². The van der Waals surface area contributed by atoms with Gasteiger partial charge in [0.25, 0.3) is 0 Å². The number of anilines is 1. The van der Waals surface area contributed by atoms with Gasteiger partial charge in [-0.05, 0) is 69.1 Å². The van der Waals surface area contributed by atoms with Gasteiger partial charge in [-0.15, -0.1) is 21.5 Å². The molecule has 0 spiro atoms. The number of hydrogen-bond acceptors (Lipinski definition) is 6. The summed E-state index contributed by atoms with van der Waals surface area (Å²) < 4.78 is 1.08. The first kappa shape index (κ1) is 18.2. The first-order valence-corrected chi connectivity index (χ1v) is 10.4. The van der Waals surface area contributed by atoms with Crippen LogP contribution in [0.1, 0.15) is 31.2 Å². The van der Waals surface area contributed by atoms with Crippen molar-refractivity contribution in [3.05, 3.63) is 35.2 Å². The molecular weight excluding hydrogens is 356 g/mol. The second-order valence-electron chi connectivity index (χ2n) is 7.62. The van der Waals surface area contributed by atoms with Crippen molar-refractivity contribution in [1.29, 1.82) is 0 Å². The summed E-state index contributed by atoms with van der Waals surface area (Å²) in [6.45, 7) is 2.02. The molecule has 2 N–H and O–H groups in total. The number of benzene rings is 1. The quantitative estimate of drug-likeness (QED) is 0.687. The van der Waals surface area contributed by atoms with Crippen LogP contribution in [0.4, 0.5) is 5.82 Å². The van der Waals surface area contributed by atoms with E-state index in [4.69, 9.17) is 0 Å². The van der Waals surface area contributed by atoms with Gasteiger partial charge in [0, 0.05) is 27.7 Å². The molecule has 142 valence electrons. The molecule has 0 aliphatic heterocycles. The topological polar surface area (TPSA) is 61.3 Å². The molecule has 6 heteroatoms. The molecule has 1 aliphatic rings. The van der Waals surface area contributed by atoms with Crippen LogP contribution in [0.15, 0.2) is 29.6 Å². The molecule has 5 nitrogen and oxygen atoms in total. The normalized spacial score (nSPS) is 20.3. The molecule has 2 heterocycles. The number of nitrogens with zero attached hydrogens (tertiary/aromatic N) is 3. The number of phenols is 1. The molecule has 1 saturated carbocycles. The van der Waals surface area contributed by atoms with Gasteiger partial charge in [0.2, 0.25) is 0 Å². The average Bonchev–Trinajstić information content (AvgIpc) is 3.13. The Kier molecular flexibility index (Phi) is 5.02.